The molecule has 4 rings (SSSR count). The highest BCUT2D eigenvalue weighted by Crippen LogP contribution is 2.40. The lowest BCUT2D eigenvalue weighted by molar-refractivity contribution is -0.0203. The van der Waals surface area contributed by atoms with Crippen molar-refractivity contribution in [2.45, 2.75) is 44.7 Å². The van der Waals surface area contributed by atoms with E-state index in [9.17, 15) is 18.0 Å². The van der Waals surface area contributed by atoms with E-state index >= 15 is 0 Å². The Morgan fingerprint density at radius 3 is 2.83 bits per heavy atom. The highest BCUT2D eigenvalue weighted by atomic mass is 79.9. The number of aryl methyl sites for hydroxylation is 1. The molecule has 0 aliphatic carbocycles. The van der Waals surface area contributed by atoms with E-state index in [2.05, 4.69) is 31.3 Å². The second-order valence-corrected chi connectivity index (χ2v) is 7.47. The summed E-state index contributed by atoms with van der Waals surface area (Å²) in [5, 5.41) is 13.8. The van der Waals surface area contributed by atoms with E-state index in [0.29, 0.717) is 43.6 Å². The van der Waals surface area contributed by atoms with E-state index in [0.717, 1.165) is 7.11 Å². The summed E-state index contributed by atoms with van der Waals surface area (Å²) < 4.78 is 44.6. The predicted octanol–water partition coefficient (Wildman–Crippen LogP) is 3.65. The highest BCUT2D eigenvalue weighted by molar-refractivity contribution is 9.10. The Hall–Kier alpha value is -2.14. The molecule has 0 atom stereocenters. The van der Waals surface area contributed by atoms with Gasteiger partial charge in [-0.1, -0.05) is 0 Å². The van der Waals surface area contributed by atoms with E-state index in [1.54, 1.807) is 0 Å². The number of aliphatic hydroxyl groups is 1. The molecule has 0 fully saturated rings. The van der Waals surface area contributed by atoms with Crippen LogP contribution in [0, 0.1) is 5.82 Å². The number of halogens is 4. The van der Waals surface area contributed by atoms with Gasteiger partial charge in [0, 0.05) is 44.8 Å². The molecule has 0 bridgehead atoms. The molecule has 7 nitrogen and oxygen atoms in total. The average molecular weight is 476 g/mol. The summed E-state index contributed by atoms with van der Waals surface area (Å²) in [6, 6.07) is 0.794. The van der Waals surface area contributed by atoms with E-state index in [1.807, 2.05) is 0 Å². The van der Waals surface area contributed by atoms with Crippen LogP contribution < -0.4 is 5.32 Å². The third-order valence-corrected chi connectivity index (χ3v) is 5.49. The van der Waals surface area contributed by atoms with Crippen LogP contribution >= 0.6 is 15.9 Å². The number of aromatic nitrogens is 3. The number of hydrogen-bond donors (Lipinski definition) is 2. The molecule has 2 aliphatic heterocycles. The Balaban J connectivity index is 0.00000117. The monoisotopic (exact) mass is 475 g/mol. The molecule has 0 aromatic carbocycles. The van der Waals surface area contributed by atoms with Crippen LogP contribution in [0.1, 0.15) is 36.2 Å². The lowest BCUT2D eigenvalue weighted by Gasteiger charge is -2.28. The fourth-order valence-corrected chi connectivity index (χ4v) is 3.94. The molecule has 4 heterocycles. The Labute approximate surface area is 174 Å². The second-order valence-electron chi connectivity index (χ2n) is 6.72. The molecule has 2 N–H and O–H groups in total. The van der Waals surface area contributed by atoms with Crippen LogP contribution in [-0.2, 0) is 25.4 Å². The quantitative estimate of drug-likeness (QED) is 0.616. The minimum absolute atomic E-state index is 0.0113. The fraction of sp³-hybridized carbons (Fsp3) is 0.500. The number of hydrogen-bond acceptors (Lipinski definition) is 4. The number of pyridine rings is 1. The molecule has 0 unspecified atom stereocenters. The summed E-state index contributed by atoms with van der Waals surface area (Å²) in [5.41, 5.74) is 0.935. The van der Waals surface area contributed by atoms with Gasteiger partial charge in [0.2, 0.25) is 0 Å². The lowest BCUT2D eigenvalue weighted by atomic mass is 10.00. The molecule has 29 heavy (non-hydrogen) atoms. The zero-order chi connectivity index (χ0) is 21.2. The van der Waals surface area contributed by atoms with Crippen LogP contribution in [-0.4, -0.2) is 44.5 Å². The zero-order valence-electron chi connectivity index (χ0n) is 15.8. The number of carbonyl (C=O) groups excluding carboxylic acids is 1. The van der Waals surface area contributed by atoms with Gasteiger partial charge in [-0.25, -0.2) is 14.2 Å². The minimum Gasteiger partial charge on any atom is -0.400 e. The van der Waals surface area contributed by atoms with E-state index in [4.69, 9.17) is 5.11 Å². The van der Waals surface area contributed by atoms with Gasteiger partial charge in [0.25, 0.3) is 5.92 Å². The van der Waals surface area contributed by atoms with E-state index < -0.39 is 17.8 Å². The van der Waals surface area contributed by atoms with Crippen molar-refractivity contribution in [1.29, 1.82) is 0 Å². The molecule has 2 amide bonds. The van der Waals surface area contributed by atoms with Crippen molar-refractivity contribution in [1.82, 2.24) is 19.7 Å². The number of carbonyl (C=O) groups is 1. The highest BCUT2D eigenvalue weighted by Gasteiger charge is 2.42. The maximum absolute atomic E-state index is 14.6. The summed E-state index contributed by atoms with van der Waals surface area (Å²) >= 11 is 2.96. The van der Waals surface area contributed by atoms with Crippen LogP contribution in [0.5, 0.6) is 0 Å². The Morgan fingerprint density at radius 2 is 2.07 bits per heavy atom. The Kier molecular flexibility index (Phi) is 6.47. The minimum atomic E-state index is -2.96. The predicted molar refractivity (Wildman–Crippen MR) is 103 cm³/mol. The Morgan fingerprint density at radius 1 is 1.31 bits per heavy atom. The molecule has 0 saturated heterocycles. The number of alkyl halides is 2. The van der Waals surface area contributed by atoms with Gasteiger partial charge < -0.3 is 15.3 Å². The molecule has 0 saturated carbocycles. The summed E-state index contributed by atoms with van der Waals surface area (Å²) in [6.07, 6.45) is 2.62. The molecule has 0 spiro atoms. The summed E-state index contributed by atoms with van der Waals surface area (Å²) in [7, 11) is 1.00. The number of urea groups is 1. The molecule has 11 heteroatoms. The number of fused-ring (bicyclic) bond motifs is 3. The molecule has 2 aromatic rings. The van der Waals surface area contributed by atoms with Gasteiger partial charge in [-0.3, -0.25) is 4.68 Å². The van der Waals surface area contributed by atoms with Crippen LogP contribution in [0.25, 0.3) is 0 Å². The molecular weight excluding hydrogens is 455 g/mol. The average Bonchev–Trinajstić information content (AvgIpc) is 3.01. The first-order valence-electron chi connectivity index (χ1n) is 9.14. The number of aliphatic hydroxyl groups excluding tert-OH is 1. The van der Waals surface area contributed by atoms with Gasteiger partial charge >= 0.3 is 6.03 Å². The zero-order valence-corrected chi connectivity index (χ0v) is 17.3. The molecular formula is C18H21BrF3N5O2. The smallest absolute Gasteiger partial charge is 0.322 e. The molecule has 2 aromatic heterocycles. The SMILES string of the molecule is CO.O=C(Nc1ccnc(Br)c1F)N1CCc2nn3c(c2C1)C(F)(F)CCCC3. The Bertz CT molecular complexity index is 906. The van der Waals surface area contributed by atoms with Crippen LogP contribution in [0.4, 0.5) is 23.7 Å². The van der Waals surface area contributed by atoms with E-state index in [1.165, 1.54) is 21.8 Å². The van der Waals surface area contributed by atoms with Crippen molar-refractivity contribution >= 4 is 27.6 Å². The fourth-order valence-electron chi connectivity index (χ4n) is 3.61. The van der Waals surface area contributed by atoms with Crippen LogP contribution in [0.2, 0.25) is 0 Å². The third-order valence-electron chi connectivity index (χ3n) is 4.93. The first-order chi connectivity index (χ1) is 13.9. The maximum Gasteiger partial charge on any atom is 0.322 e. The van der Waals surface area contributed by atoms with Gasteiger partial charge in [-0.2, -0.15) is 13.9 Å². The first-order valence-corrected chi connectivity index (χ1v) is 9.93. The summed E-state index contributed by atoms with van der Waals surface area (Å²) in [5.74, 6) is -3.65. The largest absolute Gasteiger partial charge is 0.400 e. The second kappa shape index (κ2) is 8.70. The lowest BCUT2D eigenvalue weighted by Crippen LogP contribution is -2.39. The number of anilines is 1. The first kappa shape index (κ1) is 21.6. The molecule has 0 radical (unpaired) electrons. The van der Waals surface area contributed by atoms with Crippen molar-refractivity contribution in [2.75, 3.05) is 19.0 Å². The number of rotatable bonds is 1. The maximum atomic E-state index is 14.6. The van der Waals surface area contributed by atoms with Crippen molar-refractivity contribution in [3.8, 4) is 0 Å². The van der Waals surface area contributed by atoms with Crippen LogP contribution in [0.3, 0.4) is 0 Å². The topological polar surface area (TPSA) is 83.3 Å². The van der Waals surface area contributed by atoms with E-state index in [-0.39, 0.29) is 29.0 Å². The molecule has 2 aliphatic rings. The molecule has 158 valence electrons. The van der Waals surface area contributed by atoms with Crippen LogP contribution in [0.15, 0.2) is 16.9 Å². The van der Waals surface area contributed by atoms with Crippen molar-refractivity contribution in [2.24, 2.45) is 0 Å². The standard InChI is InChI=1S/C17H17BrF3N5O.CH4O/c18-15-13(19)12(3-6-22-15)23-16(27)25-8-4-11-10(9-25)14-17(20,21)5-1-2-7-26(14)24-11;1-2/h3,6H,1-2,4-5,7-9H2,(H,22,23,27);2H,1H3. The summed E-state index contributed by atoms with van der Waals surface area (Å²) in [6.45, 7) is 0.815. The van der Waals surface area contributed by atoms with Crippen molar-refractivity contribution < 1.29 is 23.1 Å². The number of amides is 2. The normalized spacial score (nSPS) is 17.4. The van der Waals surface area contributed by atoms with Gasteiger partial charge in [0.05, 0.1) is 17.9 Å². The summed E-state index contributed by atoms with van der Waals surface area (Å²) in [4.78, 5) is 17.7. The third kappa shape index (κ3) is 4.25. The number of nitrogens with one attached hydrogen (secondary N) is 1. The van der Waals surface area contributed by atoms with Gasteiger partial charge in [-0.15, -0.1) is 0 Å². The van der Waals surface area contributed by atoms with Gasteiger partial charge in [0.1, 0.15) is 10.3 Å². The van der Waals surface area contributed by atoms with Crippen molar-refractivity contribution in [3.05, 3.63) is 39.6 Å². The number of nitrogens with zero attached hydrogens (tertiary/aromatic N) is 4. The van der Waals surface area contributed by atoms with Crippen molar-refractivity contribution in [3.63, 3.8) is 0 Å². The van der Waals surface area contributed by atoms with Gasteiger partial charge in [0.15, 0.2) is 5.82 Å². The van der Waals surface area contributed by atoms with Gasteiger partial charge in [-0.05, 0) is 34.8 Å².